The molecule has 0 aliphatic rings. The fraction of sp³-hybridized carbons (Fsp3) is 0.333. The smallest absolute Gasteiger partial charge is 0.243 e. The highest BCUT2D eigenvalue weighted by Gasteiger charge is 2.21. The summed E-state index contributed by atoms with van der Waals surface area (Å²) in [5.41, 5.74) is 2.93. The summed E-state index contributed by atoms with van der Waals surface area (Å²) in [6, 6.07) is 9.19. The van der Waals surface area contributed by atoms with Crippen molar-refractivity contribution in [3.63, 3.8) is 0 Å². The van der Waals surface area contributed by atoms with Crippen molar-refractivity contribution in [1.29, 1.82) is 5.26 Å². The first-order chi connectivity index (χ1) is 11.5. The number of nitriles is 1. The summed E-state index contributed by atoms with van der Waals surface area (Å²) in [7, 11) is 0. The number of hydrogen-bond acceptors (Lipinski definition) is 4. The van der Waals surface area contributed by atoms with Gasteiger partial charge in [0.1, 0.15) is 12.6 Å². The molecule has 0 bridgehead atoms. The number of nitrogens with zero attached hydrogens (tertiary/aromatic N) is 1. The van der Waals surface area contributed by atoms with Crippen LogP contribution >= 0.6 is 22.9 Å². The van der Waals surface area contributed by atoms with E-state index in [1.165, 1.54) is 0 Å². The molecule has 1 amide bonds. The summed E-state index contributed by atoms with van der Waals surface area (Å²) in [6.07, 6.45) is 0.683. The molecule has 1 heterocycles. The number of nitrogens with one attached hydrogen (secondary N) is 2. The van der Waals surface area contributed by atoms with Gasteiger partial charge in [-0.3, -0.25) is 4.79 Å². The second-order valence-corrected chi connectivity index (χ2v) is 7.09. The number of benzene rings is 1. The second-order valence-electron chi connectivity index (χ2n) is 5.91. The molecule has 1 aromatic heterocycles. The highest BCUT2D eigenvalue weighted by Crippen LogP contribution is 2.33. The maximum atomic E-state index is 12.3. The van der Waals surface area contributed by atoms with E-state index in [1.54, 1.807) is 11.3 Å². The Labute approximate surface area is 151 Å². The number of anilines is 1. The monoisotopic (exact) mass is 361 g/mol. The Kier molecular flexibility index (Phi) is 6.65. The van der Waals surface area contributed by atoms with Gasteiger partial charge in [0.25, 0.3) is 0 Å². The lowest BCUT2D eigenvalue weighted by molar-refractivity contribution is -0.121. The van der Waals surface area contributed by atoms with Crippen LogP contribution in [0, 0.1) is 17.2 Å². The molecule has 2 aromatic rings. The van der Waals surface area contributed by atoms with Crippen molar-refractivity contribution in [2.45, 2.75) is 26.3 Å². The molecule has 0 aliphatic carbocycles. The van der Waals surface area contributed by atoms with Gasteiger partial charge in [-0.2, -0.15) is 5.26 Å². The molecule has 0 unspecified atom stereocenters. The van der Waals surface area contributed by atoms with Gasteiger partial charge in [0.05, 0.1) is 11.8 Å². The Hall–Kier alpha value is -2.03. The summed E-state index contributed by atoms with van der Waals surface area (Å²) in [6.45, 7) is 4.15. The average molecular weight is 362 g/mol. The third-order valence-corrected chi connectivity index (χ3v) is 4.47. The minimum atomic E-state index is -0.383. The molecule has 0 spiro atoms. The topological polar surface area (TPSA) is 64.9 Å². The zero-order valence-electron chi connectivity index (χ0n) is 13.7. The van der Waals surface area contributed by atoms with Crippen LogP contribution in [0.3, 0.4) is 0 Å². The van der Waals surface area contributed by atoms with Crippen LogP contribution in [0.5, 0.6) is 0 Å². The van der Waals surface area contributed by atoms with Gasteiger partial charge in [-0.05, 0) is 30.0 Å². The number of thiophene rings is 1. The summed E-state index contributed by atoms with van der Waals surface area (Å²) in [5, 5.41) is 19.3. The fourth-order valence-electron chi connectivity index (χ4n) is 2.43. The Morgan fingerprint density at radius 1 is 1.38 bits per heavy atom. The van der Waals surface area contributed by atoms with Gasteiger partial charge in [0, 0.05) is 21.3 Å². The largest absolute Gasteiger partial charge is 0.372 e. The van der Waals surface area contributed by atoms with E-state index < -0.39 is 0 Å². The number of amides is 1. The summed E-state index contributed by atoms with van der Waals surface area (Å²) >= 11 is 7.65. The molecule has 4 nitrogen and oxygen atoms in total. The second kappa shape index (κ2) is 8.72. The van der Waals surface area contributed by atoms with E-state index in [0.29, 0.717) is 17.4 Å². The number of carbonyl (C=O) groups is 1. The quantitative estimate of drug-likeness (QED) is 0.712. The lowest BCUT2D eigenvalue weighted by atomic mass is 10.0. The van der Waals surface area contributed by atoms with Gasteiger partial charge in [-0.25, -0.2) is 0 Å². The molecule has 2 N–H and O–H groups in total. The van der Waals surface area contributed by atoms with E-state index in [0.717, 1.165) is 16.8 Å². The zero-order valence-corrected chi connectivity index (χ0v) is 15.2. The van der Waals surface area contributed by atoms with Crippen molar-refractivity contribution in [2.75, 3.05) is 11.9 Å². The minimum absolute atomic E-state index is 0.0138. The maximum absolute atomic E-state index is 12.3. The van der Waals surface area contributed by atoms with Crippen molar-refractivity contribution in [3.05, 3.63) is 40.0 Å². The Morgan fingerprint density at radius 2 is 2.17 bits per heavy atom. The molecule has 6 heteroatoms. The van der Waals surface area contributed by atoms with E-state index in [4.69, 9.17) is 16.9 Å². The third-order valence-electron chi connectivity index (χ3n) is 3.49. The SMILES string of the molecule is CC(C)C[C@H](Nc1cscc1-c1cccc(Cl)c1)C(=O)NCC#N. The first kappa shape index (κ1) is 18.3. The van der Waals surface area contributed by atoms with Crippen molar-refractivity contribution in [1.82, 2.24) is 5.32 Å². The number of carbonyl (C=O) groups excluding carboxylic acids is 1. The third kappa shape index (κ3) is 4.98. The minimum Gasteiger partial charge on any atom is -0.372 e. The molecule has 1 atom stereocenters. The van der Waals surface area contributed by atoms with Crippen molar-refractivity contribution < 1.29 is 4.79 Å². The van der Waals surface area contributed by atoms with Crippen LogP contribution in [-0.4, -0.2) is 18.5 Å². The highest BCUT2D eigenvalue weighted by molar-refractivity contribution is 7.08. The summed E-state index contributed by atoms with van der Waals surface area (Å²) in [5.74, 6) is 0.192. The first-order valence-electron chi connectivity index (χ1n) is 7.74. The molecule has 0 fully saturated rings. The number of rotatable bonds is 7. The number of hydrogen-bond donors (Lipinski definition) is 2. The maximum Gasteiger partial charge on any atom is 0.243 e. The standard InChI is InChI=1S/C18H20ClN3OS/c1-12(2)8-16(18(23)21-7-6-20)22-17-11-24-10-15(17)13-4-3-5-14(19)9-13/h3-5,9-12,16,22H,7-8H2,1-2H3,(H,21,23)/t16-/m0/s1. The molecule has 0 radical (unpaired) electrons. The molecule has 2 rings (SSSR count). The lowest BCUT2D eigenvalue weighted by Crippen LogP contribution is -2.40. The van der Waals surface area contributed by atoms with Crippen LogP contribution in [0.2, 0.25) is 5.02 Å². The summed E-state index contributed by atoms with van der Waals surface area (Å²) < 4.78 is 0. The molecule has 0 saturated heterocycles. The van der Waals surface area contributed by atoms with Gasteiger partial charge in [0.15, 0.2) is 0 Å². The predicted molar refractivity (Wildman–Crippen MR) is 100 cm³/mol. The lowest BCUT2D eigenvalue weighted by Gasteiger charge is -2.21. The highest BCUT2D eigenvalue weighted by atomic mass is 35.5. The van der Waals surface area contributed by atoms with Crippen LogP contribution in [0.4, 0.5) is 5.69 Å². The van der Waals surface area contributed by atoms with E-state index >= 15 is 0 Å². The van der Waals surface area contributed by atoms with Crippen LogP contribution in [0.15, 0.2) is 35.0 Å². The van der Waals surface area contributed by atoms with Gasteiger partial charge in [-0.1, -0.05) is 37.6 Å². The van der Waals surface area contributed by atoms with Crippen molar-refractivity contribution in [3.8, 4) is 17.2 Å². The van der Waals surface area contributed by atoms with Crippen LogP contribution in [0.25, 0.3) is 11.1 Å². The summed E-state index contributed by atoms with van der Waals surface area (Å²) in [4.78, 5) is 12.3. The van der Waals surface area contributed by atoms with E-state index in [9.17, 15) is 4.79 Å². The first-order valence-corrected chi connectivity index (χ1v) is 9.06. The Balaban J connectivity index is 2.22. The van der Waals surface area contributed by atoms with Crippen LogP contribution < -0.4 is 10.6 Å². The van der Waals surface area contributed by atoms with Crippen LogP contribution in [-0.2, 0) is 4.79 Å². The Morgan fingerprint density at radius 3 is 2.83 bits per heavy atom. The molecule has 1 aromatic carbocycles. The molecule has 0 aliphatic heterocycles. The van der Waals surface area contributed by atoms with Gasteiger partial charge >= 0.3 is 0 Å². The van der Waals surface area contributed by atoms with E-state index in [-0.39, 0.29) is 18.5 Å². The number of halogens is 1. The zero-order chi connectivity index (χ0) is 17.5. The average Bonchev–Trinajstić information content (AvgIpc) is 2.99. The van der Waals surface area contributed by atoms with Crippen molar-refractivity contribution in [2.24, 2.45) is 5.92 Å². The normalized spacial score (nSPS) is 11.8. The van der Waals surface area contributed by atoms with E-state index in [2.05, 4.69) is 24.5 Å². The van der Waals surface area contributed by atoms with Gasteiger partial charge in [0.2, 0.25) is 5.91 Å². The molecule has 24 heavy (non-hydrogen) atoms. The Bertz CT molecular complexity index is 736. The van der Waals surface area contributed by atoms with Gasteiger partial charge in [-0.15, -0.1) is 11.3 Å². The predicted octanol–water partition coefficient (Wildman–Crippen LogP) is 4.53. The molecule has 0 saturated carbocycles. The fourth-order valence-corrected chi connectivity index (χ4v) is 3.42. The molecular formula is C18H20ClN3OS. The molecule has 126 valence electrons. The molecular weight excluding hydrogens is 342 g/mol. The van der Waals surface area contributed by atoms with Crippen molar-refractivity contribution >= 4 is 34.5 Å². The van der Waals surface area contributed by atoms with Crippen LogP contribution in [0.1, 0.15) is 20.3 Å². The van der Waals surface area contributed by atoms with E-state index in [1.807, 2.05) is 41.1 Å². The van der Waals surface area contributed by atoms with Gasteiger partial charge < -0.3 is 10.6 Å².